The van der Waals surface area contributed by atoms with Crippen LogP contribution in [0, 0.1) is 6.92 Å². The van der Waals surface area contributed by atoms with Crippen LogP contribution in [-0.2, 0) is 6.54 Å². The molecule has 0 unspecified atom stereocenters. The minimum absolute atomic E-state index is 0.0657. The molecule has 2 N–H and O–H groups in total. The van der Waals surface area contributed by atoms with Gasteiger partial charge in [0.15, 0.2) is 4.67 Å². The van der Waals surface area contributed by atoms with Crippen molar-refractivity contribution in [1.82, 2.24) is 5.32 Å². The summed E-state index contributed by atoms with van der Waals surface area (Å²) in [6.07, 6.45) is 0. The van der Waals surface area contributed by atoms with Gasteiger partial charge in [0.2, 0.25) is 0 Å². The molecule has 0 aliphatic carbocycles. The molecule has 1 amide bonds. The Kier molecular flexibility index (Phi) is 5.47. The smallest absolute Gasteiger partial charge is 0.251 e. The van der Waals surface area contributed by atoms with Crippen LogP contribution in [-0.4, -0.2) is 12.5 Å². The molecule has 1 heterocycles. The quantitative estimate of drug-likeness (QED) is 0.757. The first-order chi connectivity index (χ1) is 10.0. The average molecular weight is 416 g/mol. The van der Waals surface area contributed by atoms with Gasteiger partial charge < -0.3 is 15.1 Å². The molecule has 2 aromatic rings. The van der Waals surface area contributed by atoms with E-state index in [9.17, 15) is 4.79 Å². The maximum Gasteiger partial charge on any atom is 0.251 e. The van der Waals surface area contributed by atoms with Crippen molar-refractivity contribution in [1.29, 1.82) is 0 Å². The van der Waals surface area contributed by atoms with Crippen molar-refractivity contribution in [2.24, 2.45) is 0 Å². The van der Waals surface area contributed by atoms with Crippen molar-refractivity contribution < 1.29 is 9.21 Å². The third kappa shape index (κ3) is 4.11. The second-order valence-electron chi connectivity index (χ2n) is 4.58. The molecule has 0 atom stereocenters. The number of hydrogen-bond donors (Lipinski definition) is 2. The lowest BCUT2D eigenvalue weighted by Gasteiger charge is -2.10. The van der Waals surface area contributed by atoms with Crippen LogP contribution in [0.4, 0.5) is 5.69 Å². The zero-order valence-electron chi connectivity index (χ0n) is 11.8. The van der Waals surface area contributed by atoms with Crippen molar-refractivity contribution in [3.63, 3.8) is 0 Å². The van der Waals surface area contributed by atoms with E-state index in [1.807, 2.05) is 38.1 Å². The summed E-state index contributed by atoms with van der Waals surface area (Å²) in [7, 11) is 0. The fourth-order valence-electron chi connectivity index (χ4n) is 1.88. The molecule has 1 aromatic heterocycles. The van der Waals surface area contributed by atoms with Gasteiger partial charge in [0, 0.05) is 17.8 Å². The molecule has 0 saturated carbocycles. The Morgan fingerprint density at radius 2 is 2.05 bits per heavy atom. The maximum atomic E-state index is 11.9. The van der Waals surface area contributed by atoms with Crippen molar-refractivity contribution in [2.75, 3.05) is 11.9 Å². The lowest BCUT2D eigenvalue weighted by molar-refractivity contribution is 0.0956. The van der Waals surface area contributed by atoms with Gasteiger partial charge in [-0.25, -0.2) is 0 Å². The number of aryl methyl sites for hydroxylation is 1. The Balaban J connectivity index is 2.11. The molecule has 6 heteroatoms. The van der Waals surface area contributed by atoms with Crippen LogP contribution in [0.3, 0.4) is 0 Å². The van der Waals surface area contributed by atoms with Crippen LogP contribution in [0.25, 0.3) is 0 Å². The van der Waals surface area contributed by atoms with E-state index in [0.29, 0.717) is 23.3 Å². The molecule has 1 aromatic carbocycles. The van der Waals surface area contributed by atoms with Gasteiger partial charge in [0.05, 0.1) is 11.0 Å². The SMILES string of the molecule is CCNC(=O)c1ccc(C)c(NCc2cc(Br)c(Br)o2)c1. The van der Waals surface area contributed by atoms with Crippen LogP contribution < -0.4 is 10.6 Å². The number of benzene rings is 1. The summed E-state index contributed by atoms with van der Waals surface area (Å²) in [4.78, 5) is 11.9. The third-order valence-corrected chi connectivity index (χ3v) is 4.70. The van der Waals surface area contributed by atoms with Crippen LogP contribution in [0.2, 0.25) is 0 Å². The Hall–Kier alpha value is -1.27. The van der Waals surface area contributed by atoms with Crippen molar-refractivity contribution in [3.05, 3.63) is 50.3 Å². The normalized spacial score (nSPS) is 10.5. The first-order valence-electron chi connectivity index (χ1n) is 6.57. The topological polar surface area (TPSA) is 54.3 Å². The second kappa shape index (κ2) is 7.13. The molecule has 2 rings (SSSR count). The zero-order chi connectivity index (χ0) is 15.4. The minimum Gasteiger partial charge on any atom is -0.451 e. The largest absolute Gasteiger partial charge is 0.451 e. The number of anilines is 1. The minimum atomic E-state index is -0.0657. The Morgan fingerprint density at radius 1 is 1.29 bits per heavy atom. The molecular weight excluding hydrogens is 400 g/mol. The summed E-state index contributed by atoms with van der Waals surface area (Å²) in [5.41, 5.74) is 2.64. The number of nitrogens with one attached hydrogen (secondary N) is 2. The third-order valence-electron chi connectivity index (χ3n) is 2.99. The standard InChI is InChI=1S/C15H16Br2N2O2/c1-3-18-15(20)10-5-4-9(2)13(6-10)19-8-11-7-12(16)14(17)21-11/h4-7,19H,3,8H2,1-2H3,(H,18,20). The van der Waals surface area contributed by atoms with E-state index in [1.54, 1.807) is 0 Å². The lowest BCUT2D eigenvalue weighted by Crippen LogP contribution is -2.22. The molecule has 4 nitrogen and oxygen atoms in total. The number of amides is 1. The number of carbonyl (C=O) groups is 1. The van der Waals surface area contributed by atoms with E-state index in [0.717, 1.165) is 21.5 Å². The van der Waals surface area contributed by atoms with Gasteiger partial charge in [0.25, 0.3) is 5.91 Å². The molecule has 0 spiro atoms. The van der Waals surface area contributed by atoms with Crippen molar-refractivity contribution in [3.8, 4) is 0 Å². The summed E-state index contributed by atoms with van der Waals surface area (Å²) < 4.78 is 7.07. The Morgan fingerprint density at radius 3 is 2.67 bits per heavy atom. The van der Waals surface area contributed by atoms with E-state index < -0.39 is 0 Å². The fraction of sp³-hybridized carbons (Fsp3) is 0.267. The Labute approximate surface area is 140 Å². The summed E-state index contributed by atoms with van der Waals surface area (Å²) in [6, 6.07) is 7.51. The number of carbonyl (C=O) groups excluding carboxylic acids is 1. The predicted molar refractivity (Wildman–Crippen MR) is 90.6 cm³/mol. The number of hydrogen-bond acceptors (Lipinski definition) is 3. The molecule has 0 fully saturated rings. The van der Waals surface area contributed by atoms with E-state index in [4.69, 9.17) is 4.42 Å². The molecule has 112 valence electrons. The highest BCUT2D eigenvalue weighted by molar-refractivity contribution is 9.13. The summed E-state index contributed by atoms with van der Waals surface area (Å²) in [6.45, 7) is 5.06. The monoisotopic (exact) mass is 414 g/mol. The first-order valence-corrected chi connectivity index (χ1v) is 8.16. The molecule has 0 saturated heterocycles. The highest BCUT2D eigenvalue weighted by atomic mass is 79.9. The highest BCUT2D eigenvalue weighted by Crippen LogP contribution is 2.27. The lowest BCUT2D eigenvalue weighted by atomic mass is 10.1. The molecular formula is C15H16Br2N2O2. The molecule has 21 heavy (non-hydrogen) atoms. The fourth-order valence-corrected chi connectivity index (χ4v) is 2.54. The Bertz CT molecular complexity index is 634. The van der Waals surface area contributed by atoms with Crippen molar-refractivity contribution in [2.45, 2.75) is 20.4 Å². The van der Waals surface area contributed by atoms with Gasteiger partial charge in [-0.05, 0) is 69.5 Å². The van der Waals surface area contributed by atoms with Gasteiger partial charge in [-0.3, -0.25) is 4.79 Å². The van der Waals surface area contributed by atoms with E-state index >= 15 is 0 Å². The number of halogens is 2. The number of rotatable bonds is 5. The summed E-state index contributed by atoms with van der Waals surface area (Å²) in [5.74, 6) is 0.737. The average Bonchev–Trinajstić information content (AvgIpc) is 2.77. The highest BCUT2D eigenvalue weighted by Gasteiger charge is 2.09. The molecule has 0 radical (unpaired) electrons. The molecule has 0 aliphatic rings. The summed E-state index contributed by atoms with van der Waals surface area (Å²) in [5, 5.41) is 6.09. The van der Waals surface area contributed by atoms with Crippen molar-refractivity contribution >= 4 is 43.5 Å². The molecule has 0 bridgehead atoms. The van der Waals surface area contributed by atoms with E-state index in [1.165, 1.54) is 0 Å². The van der Waals surface area contributed by atoms with Gasteiger partial charge in [-0.1, -0.05) is 6.07 Å². The second-order valence-corrected chi connectivity index (χ2v) is 6.15. The van der Waals surface area contributed by atoms with Gasteiger partial charge in [-0.15, -0.1) is 0 Å². The maximum absolute atomic E-state index is 11.9. The van der Waals surface area contributed by atoms with Crippen LogP contribution in [0.1, 0.15) is 28.6 Å². The van der Waals surface area contributed by atoms with Gasteiger partial charge >= 0.3 is 0 Å². The van der Waals surface area contributed by atoms with Crippen LogP contribution in [0.5, 0.6) is 0 Å². The summed E-state index contributed by atoms with van der Waals surface area (Å²) >= 11 is 6.69. The van der Waals surface area contributed by atoms with E-state index in [2.05, 4.69) is 42.5 Å². The van der Waals surface area contributed by atoms with Crippen LogP contribution >= 0.6 is 31.9 Å². The zero-order valence-corrected chi connectivity index (χ0v) is 15.0. The predicted octanol–water partition coefficient (Wildman–Crippen LogP) is 4.47. The van der Waals surface area contributed by atoms with Gasteiger partial charge in [0.1, 0.15) is 5.76 Å². The van der Waals surface area contributed by atoms with E-state index in [-0.39, 0.29) is 5.91 Å². The van der Waals surface area contributed by atoms with Crippen LogP contribution in [0.15, 0.2) is 37.8 Å². The number of furan rings is 1. The molecule has 0 aliphatic heterocycles. The first kappa shape index (κ1) is 16.1. The van der Waals surface area contributed by atoms with Gasteiger partial charge in [-0.2, -0.15) is 0 Å².